The number of halogens is 1. The van der Waals surface area contributed by atoms with Gasteiger partial charge in [0.05, 0.1) is 32.4 Å². The molecule has 3 aliphatic rings. The lowest BCUT2D eigenvalue weighted by Gasteiger charge is -2.33. The Morgan fingerprint density at radius 3 is 2.68 bits per heavy atom. The van der Waals surface area contributed by atoms with Crippen molar-refractivity contribution in [2.24, 2.45) is 0 Å². The molecule has 1 aromatic rings. The van der Waals surface area contributed by atoms with Crippen molar-refractivity contribution in [1.29, 1.82) is 0 Å². The molecule has 4 rings (SSSR count). The minimum absolute atomic E-state index is 0.0184. The van der Waals surface area contributed by atoms with Crippen LogP contribution >= 0.6 is 0 Å². The predicted molar refractivity (Wildman–Crippen MR) is 113 cm³/mol. The van der Waals surface area contributed by atoms with Gasteiger partial charge in [-0.05, 0) is 48.4 Å². The zero-order chi connectivity index (χ0) is 21.8. The van der Waals surface area contributed by atoms with Gasteiger partial charge >= 0.3 is 0 Å². The van der Waals surface area contributed by atoms with E-state index in [-0.39, 0.29) is 30.6 Å². The molecule has 0 amide bonds. The van der Waals surface area contributed by atoms with Gasteiger partial charge in [0.25, 0.3) is 10.2 Å². The van der Waals surface area contributed by atoms with Crippen molar-refractivity contribution in [3.05, 3.63) is 59.6 Å². The summed E-state index contributed by atoms with van der Waals surface area (Å²) in [6.07, 6.45) is 6.02. The number of rotatable bonds is 7. The molecule has 0 bridgehead atoms. The second-order valence-electron chi connectivity index (χ2n) is 7.97. The van der Waals surface area contributed by atoms with Gasteiger partial charge in [0.15, 0.2) is 0 Å². The van der Waals surface area contributed by atoms with Crippen molar-refractivity contribution < 1.29 is 28.0 Å². The van der Waals surface area contributed by atoms with Gasteiger partial charge in [-0.25, -0.2) is 4.39 Å². The van der Waals surface area contributed by atoms with E-state index in [1.165, 1.54) is 16.4 Å². The summed E-state index contributed by atoms with van der Waals surface area (Å²) >= 11 is 0. The first kappa shape index (κ1) is 22.4. The van der Waals surface area contributed by atoms with Crippen LogP contribution in [0.3, 0.4) is 0 Å². The number of morpholine rings is 1. The molecule has 3 atom stereocenters. The van der Waals surface area contributed by atoms with E-state index in [2.05, 4.69) is 11.1 Å². The number of hydrogen-bond donors (Lipinski definition) is 2. The molecule has 0 aromatic heterocycles. The van der Waals surface area contributed by atoms with Crippen molar-refractivity contribution in [1.82, 2.24) is 13.9 Å². The second kappa shape index (κ2) is 9.76. The average molecular weight is 454 g/mol. The molecular weight excluding hydrogens is 423 g/mol. The molecule has 10 heteroatoms. The number of ether oxygens (including phenoxy) is 2. The van der Waals surface area contributed by atoms with Gasteiger partial charge in [-0.2, -0.15) is 17.0 Å². The molecule has 170 valence electrons. The lowest BCUT2D eigenvalue weighted by atomic mass is 9.96. The summed E-state index contributed by atoms with van der Waals surface area (Å²) in [4.78, 5) is 0. The number of hydrogen-bond acceptors (Lipinski definition) is 5. The highest BCUT2D eigenvalue weighted by Crippen LogP contribution is 2.35. The summed E-state index contributed by atoms with van der Waals surface area (Å²) in [5.74, 6) is -0.320. The van der Waals surface area contributed by atoms with E-state index in [1.54, 1.807) is 16.4 Å². The monoisotopic (exact) mass is 453 g/mol. The highest BCUT2D eigenvalue weighted by atomic mass is 32.2. The normalized spacial score (nSPS) is 27.8. The summed E-state index contributed by atoms with van der Waals surface area (Å²) in [6, 6.07) is 6.00. The summed E-state index contributed by atoms with van der Waals surface area (Å²) in [7, 11) is -3.66. The van der Waals surface area contributed by atoms with Crippen molar-refractivity contribution in [2.75, 3.05) is 46.0 Å². The van der Waals surface area contributed by atoms with Gasteiger partial charge in [-0.15, -0.1) is 0 Å². The Kier molecular flexibility index (Phi) is 7.05. The van der Waals surface area contributed by atoms with Gasteiger partial charge < -0.3 is 20.5 Å². The summed E-state index contributed by atoms with van der Waals surface area (Å²) < 4.78 is 54.6. The number of quaternary nitrogens is 1. The Bertz CT molecular complexity index is 916. The maximum Gasteiger partial charge on any atom is 0.282 e. The third kappa shape index (κ3) is 5.16. The smallest absolute Gasteiger partial charge is 0.282 e. The molecule has 0 saturated carbocycles. The fraction of sp³-hybridized carbons (Fsp3) is 0.524. The standard InChI is InChI=1S/C21H29FN4O4S/c22-19-3-1-17(2-4-19)18-12-20(15-30-21-11-16(13-23)5-6-24-21)26(14-18)31(27,28)25-7-9-29-10-8-25/h1-6,11,18,20-21,24H,7-10,12-15,23H2/p+1/t18-,20-,21?/m0/s1. The SMILES string of the molecule is [NH3+]CC1=CC(OC[C@@H]2C[C@H](c3ccc(F)cc3)CN2S(=O)(=O)N2CCOCC2)NC=C1. The Morgan fingerprint density at radius 1 is 1.23 bits per heavy atom. The van der Waals surface area contributed by atoms with E-state index in [4.69, 9.17) is 9.47 Å². The zero-order valence-electron chi connectivity index (χ0n) is 17.5. The molecular formula is C21H30FN4O4S+. The molecule has 1 unspecified atom stereocenters. The van der Waals surface area contributed by atoms with Crippen LogP contribution in [0.25, 0.3) is 0 Å². The van der Waals surface area contributed by atoms with Crippen LogP contribution in [0.15, 0.2) is 48.2 Å². The molecule has 8 nitrogen and oxygen atoms in total. The summed E-state index contributed by atoms with van der Waals surface area (Å²) in [5.41, 5.74) is 5.90. The van der Waals surface area contributed by atoms with E-state index in [1.807, 2.05) is 18.4 Å². The number of nitrogens with one attached hydrogen (secondary N) is 1. The van der Waals surface area contributed by atoms with Crippen LogP contribution in [0.4, 0.5) is 4.39 Å². The van der Waals surface area contributed by atoms with Crippen molar-refractivity contribution >= 4 is 10.2 Å². The van der Waals surface area contributed by atoms with Crippen LogP contribution in [0.2, 0.25) is 0 Å². The number of nitrogens with zero attached hydrogens (tertiary/aromatic N) is 2. The molecule has 4 N–H and O–H groups in total. The van der Waals surface area contributed by atoms with Crippen LogP contribution in [0.1, 0.15) is 17.9 Å². The van der Waals surface area contributed by atoms with Gasteiger partial charge in [0.2, 0.25) is 0 Å². The Balaban J connectivity index is 1.51. The van der Waals surface area contributed by atoms with Crippen LogP contribution in [-0.4, -0.2) is 75.3 Å². The lowest BCUT2D eigenvalue weighted by Crippen LogP contribution is -2.52. The summed E-state index contributed by atoms with van der Waals surface area (Å²) in [6.45, 7) is 2.74. The average Bonchev–Trinajstić information content (AvgIpc) is 3.24. The Labute approximate surface area is 182 Å². The van der Waals surface area contributed by atoms with E-state index < -0.39 is 10.2 Å². The molecule has 1 aromatic carbocycles. The first-order valence-corrected chi connectivity index (χ1v) is 12.0. The van der Waals surface area contributed by atoms with E-state index >= 15 is 0 Å². The maximum absolute atomic E-state index is 13.4. The second-order valence-corrected chi connectivity index (χ2v) is 9.85. The molecule has 2 saturated heterocycles. The fourth-order valence-corrected chi connectivity index (χ4v) is 6.05. The number of dihydropyridines is 1. The summed E-state index contributed by atoms with van der Waals surface area (Å²) in [5, 5.41) is 3.13. The third-order valence-corrected chi connectivity index (χ3v) is 8.04. The van der Waals surface area contributed by atoms with Gasteiger partial charge in [0, 0.05) is 25.2 Å². The highest BCUT2D eigenvalue weighted by Gasteiger charge is 2.43. The molecule has 3 aliphatic heterocycles. The minimum atomic E-state index is -3.66. The lowest BCUT2D eigenvalue weighted by molar-refractivity contribution is -0.355. The topological polar surface area (TPSA) is 98.8 Å². The van der Waals surface area contributed by atoms with Crippen molar-refractivity contribution in [2.45, 2.75) is 24.6 Å². The molecule has 0 radical (unpaired) electrons. The van der Waals surface area contributed by atoms with E-state index in [0.29, 0.717) is 45.8 Å². The zero-order valence-corrected chi connectivity index (χ0v) is 18.3. The van der Waals surface area contributed by atoms with Crippen LogP contribution < -0.4 is 11.1 Å². The van der Waals surface area contributed by atoms with Gasteiger partial charge in [-0.3, -0.25) is 0 Å². The third-order valence-electron chi connectivity index (χ3n) is 5.98. The largest absolute Gasteiger partial charge is 0.379 e. The maximum atomic E-state index is 13.4. The van der Waals surface area contributed by atoms with Crippen LogP contribution in [0, 0.1) is 5.82 Å². The first-order valence-electron chi connectivity index (χ1n) is 10.6. The van der Waals surface area contributed by atoms with Crippen molar-refractivity contribution in [3.8, 4) is 0 Å². The molecule has 2 fully saturated rings. The van der Waals surface area contributed by atoms with Gasteiger partial charge in [-0.1, -0.05) is 12.1 Å². The highest BCUT2D eigenvalue weighted by molar-refractivity contribution is 7.86. The number of benzene rings is 1. The molecule has 0 spiro atoms. The van der Waals surface area contributed by atoms with Crippen LogP contribution in [0.5, 0.6) is 0 Å². The molecule has 3 heterocycles. The minimum Gasteiger partial charge on any atom is -0.379 e. The predicted octanol–water partition coefficient (Wildman–Crippen LogP) is 0.189. The fourth-order valence-electron chi connectivity index (χ4n) is 4.25. The Morgan fingerprint density at radius 2 is 1.97 bits per heavy atom. The molecule has 31 heavy (non-hydrogen) atoms. The van der Waals surface area contributed by atoms with E-state index in [0.717, 1.165) is 11.1 Å². The van der Waals surface area contributed by atoms with E-state index in [9.17, 15) is 12.8 Å². The van der Waals surface area contributed by atoms with Crippen molar-refractivity contribution in [3.63, 3.8) is 0 Å². The van der Waals surface area contributed by atoms with Gasteiger partial charge in [0.1, 0.15) is 12.0 Å². The quantitative estimate of drug-likeness (QED) is 0.614. The van der Waals surface area contributed by atoms with Crippen LogP contribution in [-0.2, 0) is 19.7 Å². The Hall–Kier alpha value is -1.82. The first-order chi connectivity index (χ1) is 15.0. The molecule has 0 aliphatic carbocycles.